The first kappa shape index (κ1) is 27.4. The van der Waals surface area contributed by atoms with Gasteiger partial charge in [0, 0.05) is 28.6 Å². The van der Waals surface area contributed by atoms with Crippen molar-refractivity contribution < 1.29 is 17.9 Å². The predicted octanol–water partition coefficient (Wildman–Crippen LogP) is 6.94. The second-order valence-electron chi connectivity index (χ2n) is 8.95. The Morgan fingerprint density at radius 2 is 1.67 bits per heavy atom. The summed E-state index contributed by atoms with van der Waals surface area (Å²) in [5.74, 6) is 6.32. The number of hydrogen-bond acceptors (Lipinski definition) is 3. The lowest BCUT2D eigenvalue weighted by molar-refractivity contribution is -0.274. The molecule has 1 heterocycles. The largest absolute Gasteiger partial charge is 0.573 e. The van der Waals surface area contributed by atoms with Crippen LogP contribution < -0.4 is 15.5 Å². The number of rotatable bonds is 7. The molecule has 2 N–H and O–H groups in total. The van der Waals surface area contributed by atoms with Crippen LogP contribution in [0.2, 0.25) is 5.02 Å². The zero-order valence-electron chi connectivity index (χ0n) is 20.5. The van der Waals surface area contributed by atoms with Crippen molar-refractivity contribution in [3.63, 3.8) is 0 Å². The number of halogens is 4. The Morgan fingerprint density at radius 1 is 1.03 bits per heavy atom. The number of ether oxygens (including phenoxy) is 1. The van der Waals surface area contributed by atoms with Crippen LogP contribution in [0.3, 0.4) is 0 Å². The van der Waals surface area contributed by atoms with Crippen molar-refractivity contribution >= 4 is 11.6 Å². The quantitative estimate of drug-likeness (QED) is 0.334. The van der Waals surface area contributed by atoms with Crippen molar-refractivity contribution in [3.8, 4) is 28.7 Å². The van der Waals surface area contributed by atoms with Gasteiger partial charge in [-0.05, 0) is 61.6 Å². The summed E-state index contributed by atoms with van der Waals surface area (Å²) in [7, 11) is 0. The maximum absolute atomic E-state index is 12.6. The Hall–Kier alpha value is -3.21. The molecule has 3 aromatic rings. The first-order chi connectivity index (χ1) is 16.9. The zero-order chi connectivity index (χ0) is 26.5. The second kappa shape index (κ2) is 11.7. The van der Waals surface area contributed by atoms with Crippen molar-refractivity contribution in [3.05, 3.63) is 86.3 Å². The molecule has 4 nitrogen and oxygen atoms in total. The van der Waals surface area contributed by atoms with E-state index in [2.05, 4.69) is 40.7 Å². The Balaban J connectivity index is 1.68. The van der Waals surface area contributed by atoms with Gasteiger partial charge in [0.15, 0.2) is 0 Å². The van der Waals surface area contributed by atoms with Crippen LogP contribution in [0.4, 0.5) is 13.2 Å². The van der Waals surface area contributed by atoms with Crippen LogP contribution in [0.5, 0.6) is 5.75 Å². The summed E-state index contributed by atoms with van der Waals surface area (Å²) in [4.78, 5) is 15.7. The minimum absolute atomic E-state index is 0.0670. The third-order valence-corrected chi connectivity index (χ3v) is 6.03. The molecule has 0 radical (unpaired) electrons. The minimum atomic E-state index is -4.72. The van der Waals surface area contributed by atoms with Gasteiger partial charge in [-0.1, -0.05) is 61.6 Å². The lowest BCUT2D eigenvalue weighted by atomic mass is 9.97. The predicted molar refractivity (Wildman–Crippen MR) is 137 cm³/mol. The molecule has 0 fully saturated rings. The molecule has 190 valence electrons. The van der Waals surface area contributed by atoms with Gasteiger partial charge in [-0.3, -0.25) is 10.1 Å². The van der Waals surface area contributed by atoms with Crippen molar-refractivity contribution in [2.75, 3.05) is 6.54 Å². The summed E-state index contributed by atoms with van der Waals surface area (Å²) in [5.41, 5.74) is 4.13. The highest BCUT2D eigenvalue weighted by molar-refractivity contribution is 6.31. The molecule has 2 aromatic carbocycles. The van der Waals surface area contributed by atoms with Gasteiger partial charge >= 0.3 is 6.36 Å². The summed E-state index contributed by atoms with van der Waals surface area (Å²) in [6.07, 6.45) is -3.92. The number of aromatic nitrogens is 1. The number of pyridine rings is 1. The Morgan fingerprint density at radius 3 is 2.25 bits per heavy atom. The summed E-state index contributed by atoms with van der Waals surface area (Å²) in [5, 5.41) is 3.56. The van der Waals surface area contributed by atoms with Crippen LogP contribution in [0.1, 0.15) is 48.8 Å². The molecule has 0 aliphatic heterocycles. The number of nitrogens with one attached hydrogen (secondary N) is 2. The van der Waals surface area contributed by atoms with E-state index in [1.807, 2.05) is 31.2 Å². The normalized spacial score (nSPS) is 12.2. The first-order valence-electron chi connectivity index (χ1n) is 11.5. The Labute approximate surface area is 213 Å². The fourth-order valence-corrected chi connectivity index (χ4v) is 4.09. The Bertz CT molecular complexity index is 1300. The fourth-order valence-electron chi connectivity index (χ4n) is 3.95. The zero-order valence-corrected chi connectivity index (χ0v) is 21.3. The van der Waals surface area contributed by atoms with Gasteiger partial charge in [-0.15, -0.1) is 13.2 Å². The molecule has 0 amide bonds. The van der Waals surface area contributed by atoms with Gasteiger partial charge in [0.25, 0.3) is 0 Å². The number of alkyl halides is 3. The van der Waals surface area contributed by atoms with Gasteiger partial charge in [0.1, 0.15) is 10.8 Å². The number of hydrogen-bond donors (Lipinski definition) is 2. The third kappa shape index (κ3) is 7.39. The maximum Gasteiger partial charge on any atom is 0.573 e. The molecule has 36 heavy (non-hydrogen) atoms. The molecule has 0 bridgehead atoms. The van der Waals surface area contributed by atoms with Gasteiger partial charge in [0.05, 0.1) is 6.54 Å². The molecule has 1 unspecified atom stereocenters. The van der Waals surface area contributed by atoms with E-state index < -0.39 is 6.36 Å². The molecule has 0 saturated heterocycles. The van der Waals surface area contributed by atoms with E-state index in [0.717, 1.165) is 28.8 Å². The van der Waals surface area contributed by atoms with E-state index in [0.29, 0.717) is 23.7 Å². The smallest absolute Gasteiger partial charge is 0.406 e. The van der Waals surface area contributed by atoms with Crippen molar-refractivity contribution in [2.45, 2.75) is 46.5 Å². The van der Waals surface area contributed by atoms with E-state index in [-0.39, 0.29) is 22.2 Å². The number of H-pyrrole nitrogens is 1. The average molecular weight is 517 g/mol. The van der Waals surface area contributed by atoms with Gasteiger partial charge in [0.2, 0.25) is 5.43 Å². The summed E-state index contributed by atoms with van der Waals surface area (Å²) < 4.78 is 41.2. The monoisotopic (exact) mass is 516 g/mol. The van der Waals surface area contributed by atoms with E-state index in [1.54, 1.807) is 19.1 Å². The molecule has 0 spiro atoms. The van der Waals surface area contributed by atoms with Crippen molar-refractivity contribution in [2.24, 2.45) is 5.92 Å². The van der Waals surface area contributed by atoms with Crippen LogP contribution in [-0.4, -0.2) is 17.9 Å². The summed E-state index contributed by atoms with van der Waals surface area (Å²) in [6, 6.07) is 13.2. The molecular weight excluding hydrogens is 489 g/mol. The molecule has 3 rings (SSSR count). The van der Waals surface area contributed by atoms with E-state index >= 15 is 0 Å². The van der Waals surface area contributed by atoms with E-state index in [4.69, 9.17) is 11.6 Å². The average Bonchev–Trinajstić information content (AvgIpc) is 2.80. The molecule has 1 aromatic heterocycles. The van der Waals surface area contributed by atoms with Gasteiger partial charge in [-0.25, -0.2) is 0 Å². The lowest BCUT2D eigenvalue weighted by Crippen LogP contribution is -2.23. The van der Waals surface area contributed by atoms with Crippen LogP contribution in [0.25, 0.3) is 11.1 Å². The van der Waals surface area contributed by atoms with Crippen molar-refractivity contribution in [1.82, 2.24) is 10.3 Å². The van der Waals surface area contributed by atoms with Crippen molar-refractivity contribution in [1.29, 1.82) is 0 Å². The third-order valence-electron chi connectivity index (χ3n) is 5.57. The van der Waals surface area contributed by atoms with Crippen LogP contribution in [0.15, 0.2) is 53.3 Å². The van der Waals surface area contributed by atoms with E-state index in [9.17, 15) is 18.0 Å². The maximum atomic E-state index is 12.6. The minimum Gasteiger partial charge on any atom is -0.406 e. The second-order valence-corrected chi connectivity index (χ2v) is 9.33. The van der Waals surface area contributed by atoms with Crippen LogP contribution in [-0.2, 0) is 0 Å². The highest BCUT2D eigenvalue weighted by atomic mass is 35.5. The first-order valence-corrected chi connectivity index (χ1v) is 11.9. The van der Waals surface area contributed by atoms with Gasteiger partial charge < -0.3 is 9.72 Å². The molecular formula is C28H28ClF3N2O2. The highest BCUT2D eigenvalue weighted by Crippen LogP contribution is 2.27. The standard InChI is InChI=1S/C28H28ClF3N2O2/c1-17(2)16-24(21-11-13-23(14-12-21)36-28(30,31)32)33-15-5-6-20-7-9-22(10-8-20)25-18(3)34-19(4)26(29)27(25)35/h7-14,17,24,33H,15-16H2,1-4H3,(H,34,35). The van der Waals surface area contributed by atoms with Crippen LogP contribution in [0, 0.1) is 31.6 Å². The lowest BCUT2D eigenvalue weighted by Gasteiger charge is -2.20. The molecule has 0 saturated carbocycles. The molecule has 0 aliphatic carbocycles. The molecule has 8 heteroatoms. The van der Waals surface area contributed by atoms with Crippen LogP contribution >= 0.6 is 11.6 Å². The molecule has 1 atom stereocenters. The van der Waals surface area contributed by atoms with Gasteiger partial charge in [-0.2, -0.15) is 0 Å². The van der Waals surface area contributed by atoms with E-state index in [1.165, 1.54) is 12.1 Å². The topological polar surface area (TPSA) is 54.1 Å². The SMILES string of the molecule is Cc1[nH]c(C)c(-c2ccc(C#CCNC(CC(C)C)c3ccc(OC(F)(F)F)cc3)cc2)c(=O)c1Cl. The summed E-state index contributed by atoms with van der Waals surface area (Å²) in [6.45, 7) is 8.15. The number of aromatic amines is 1. The number of aryl methyl sites for hydroxylation is 2. The number of benzene rings is 2. The highest BCUT2D eigenvalue weighted by Gasteiger charge is 2.31. The molecule has 0 aliphatic rings. The Kier molecular flexibility index (Phi) is 8.89. The summed E-state index contributed by atoms with van der Waals surface area (Å²) >= 11 is 6.13. The fraction of sp³-hybridized carbons (Fsp3) is 0.321.